The molecule has 176 valence electrons. The Morgan fingerprint density at radius 1 is 1.13 bits per heavy atom. The van der Waals surface area contributed by atoms with E-state index in [0.29, 0.717) is 19.4 Å². The van der Waals surface area contributed by atoms with Gasteiger partial charge in [0.15, 0.2) is 0 Å². The lowest BCUT2D eigenvalue weighted by Gasteiger charge is -2.38. The first kappa shape index (κ1) is 25.4. The molecule has 0 saturated carbocycles. The highest BCUT2D eigenvalue weighted by atomic mass is 32.2. The number of carbonyl (C=O) groups excluding carboxylic acids is 4. The van der Waals surface area contributed by atoms with Crippen LogP contribution in [-0.2, 0) is 19.2 Å². The van der Waals surface area contributed by atoms with E-state index in [1.807, 2.05) is 0 Å². The summed E-state index contributed by atoms with van der Waals surface area (Å²) in [7, 11) is 0. The number of likely N-dealkylation sites (tertiary alicyclic amines) is 1. The summed E-state index contributed by atoms with van der Waals surface area (Å²) >= 11 is 1.39. The van der Waals surface area contributed by atoms with Crippen LogP contribution in [0.15, 0.2) is 0 Å². The maximum absolute atomic E-state index is 13.5. The molecule has 4 amide bonds. The molecule has 0 spiro atoms. The molecular weight excluding hydrogens is 426 g/mol. The molecule has 0 aromatic carbocycles. The van der Waals surface area contributed by atoms with Gasteiger partial charge in [0.1, 0.15) is 24.2 Å². The summed E-state index contributed by atoms with van der Waals surface area (Å²) in [6.07, 6.45) is -1.25. The van der Waals surface area contributed by atoms with Crippen LogP contribution in [0.4, 0.5) is 0 Å². The van der Waals surface area contributed by atoms with E-state index < -0.39 is 64.9 Å². The lowest BCUT2D eigenvalue weighted by Crippen LogP contribution is -2.61. The molecule has 2 heterocycles. The van der Waals surface area contributed by atoms with Gasteiger partial charge in [-0.25, -0.2) is 0 Å². The highest BCUT2D eigenvalue weighted by Crippen LogP contribution is 2.40. The van der Waals surface area contributed by atoms with Gasteiger partial charge in [0.2, 0.25) is 23.6 Å². The van der Waals surface area contributed by atoms with Crippen molar-refractivity contribution in [3.63, 3.8) is 0 Å². The van der Waals surface area contributed by atoms with E-state index in [0.717, 1.165) is 0 Å². The number of carbonyl (C=O) groups is 4. The molecule has 11 nitrogen and oxygen atoms in total. The van der Waals surface area contributed by atoms with Crippen molar-refractivity contribution in [2.24, 2.45) is 11.5 Å². The van der Waals surface area contributed by atoms with Gasteiger partial charge in [0.25, 0.3) is 0 Å². The molecule has 31 heavy (non-hydrogen) atoms. The second-order valence-electron chi connectivity index (χ2n) is 8.57. The number of hydrogen-bond donors (Lipinski definition) is 5. The first-order valence-electron chi connectivity index (χ1n) is 10.3. The summed E-state index contributed by atoms with van der Waals surface area (Å²) in [4.78, 5) is 52.8. The first-order valence-corrected chi connectivity index (χ1v) is 11.3. The number of thioether (sulfide) groups is 1. The number of primary amides is 1. The Hall–Kier alpha value is -1.89. The van der Waals surface area contributed by atoms with Crippen LogP contribution in [-0.4, -0.2) is 97.2 Å². The Morgan fingerprint density at radius 2 is 1.74 bits per heavy atom. The van der Waals surface area contributed by atoms with Crippen molar-refractivity contribution in [2.75, 3.05) is 12.3 Å². The third kappa shape index (κ3) is 5.30. The zero-order valence-corrected chi connectivity index (χ0v) is 19.1. The third-order valence-electron chi connectivity index (χ3n) is 5.74. The molecule has 0 aromatic heterocycles. The molecule has 0 unspecified atom stereocenters. The number of aliphatic hydroxyl groups excluding tert-OH is 2. The highest BCUT2D eigenvalue weighted by molar-refractivity contribution is 8.00. The lowest BCUT2D eigenvalue weighted by atomic mass is 10.1. The Kier molecular flexibility index (Phi) is 7.95. The minimum Gasteiger partial charge on any atom is -0.391 e. The van der Waals surface area contributed by atoms with Crippen molar-refractivity contribution in [3.8, 4) is 0 Å². The van der Waals surface area contributed by atoms with Gasteiger partial charge in [-0.1, -0.05) is 0 Å². The third-order valence-corrected chi connectivity index (χ3v) is 7.12. The van der Waals surface area contributed by atoms with Crippen LogP contribution in [0, 0.1) is 0 Å². The molecule has 2 aliphatic heterocycles. The second kappa shape index (κ2) is 9.72. The van der Waals surface area contributed by atoms with E-state index in [9.17, 15) is 29.4 Å². The SMILES string of the molecule is C[C@@H](O)[C@H](N)C(=O)N1CCC[C@H]1C(=O)N1[C@H](C(=O)N[C@H](C(N)=O)[C@@H](C)O)CSC1(C)C. The summed E-state index contributed by atoms with van der Waals surface area (Å²) in [6, 6.07) is -4.13. The van der Waals surface area contributed by atoms with Crippen molar-refractivity contribution in [3.05, 3.63) is 0 Å². The molecule has 0 aromatic rings. The van der Waals surface area contributed by atoms with Crippen molar-refractivity contribution >= 4 is 35.4 Å². The van der Waals surface area contributed by atoms with E-state index in [4.69, 9.17) is 11.5 Å². The van der Waals surface area contributed by atoms with E-state index in [1.165, 1.54) is 35.4 Å². The quantitative estimate of drug-likeness (QED) is 0.282. The fourth-order valence-electron chi connectivity index (χ4n) is 3.94. The van der Waals surface area contributed by atoms with Crippen LogP contribution in [0.2, 0.25) is 0 Å². The maximum Gasteiger partial charge on any atom is 0.247 e. The van der Waals surface area contributed by atoms with Crippen LogP contribution in [0.5, 0.6) is 0 Å². The van der Waals surface area contributed by atoms with Gasteiger partial charge in [-0.15, -0.1) is 11.8 Å². The van der Waals surface area contributed by atoms with E-state index in [-0.39, 0.29) is 5.75 Å². The van der Waals surface area contributed by atoms with E-state index >= 15 is 0 Å². The van der Waals surface area contributed by atoms with Crippen LogP contribution in [0.3, 0.4) is 0 Å². The van der Waals surface area contributed by atoms with Crippen molar-refractivity contribution in [1.29, 1.82) is 0 Å². The predicted octanol–water partition coefficient (Wildman–Crippen LogP) is -2.28. The van der Waals surface area contributed by atoms with Crippen LogP contribution in [0.1, 0.15) is 40.5 Å². The number of nitrogens with zero attached hydrogens (tertiary/aromatic N) is 2. The average molecular weight is 460 g/mol. The zero-order valence-electron chi connectivity index (χ0n) is 18.3. The Bertz CT molecular complexity index is 731. The largest absolute Gasteiger partial charge is 0.391 e. The van der Waals surface area contributed by atoms with Gasteiger partial charge in [-0.05, 0) is 40.5 Å². The summed E-state index contributed by atoms with van der Waals surface area (Å²) < 4.78 is 0. The predicted molar refractivity (Wildman–Crippen MR) is 114 cm³/mol. The van der Waals surface area contributed by atoms with Crippen LogP contribution >= 0.6 is 11.8 Å². The van der Waals surface area contributed by atoms with Gasteiger partial charge in [-0.2, -0.15) is 0 Å². The molecule has 0 bridgehead atoms. The summed E-state index contributed by atoms with van der Waals surface area (Å²) in [5.74, 6) is -2.12. The van der Waals surface area contributed by atoms with Crippen molar-refractivity contribution in [2.45, 2.75) is 81.8 Å². The van der Waals surface area contributed by atoms with Crippen molar-refractivity contribution in [1.82, 2.24) is 15.1 Å². The smallest absolute Gasteiger partial charge is 0.247 e. The van der Waals surface area contributed by atoms with Gasteiger partial charge < -0.3 is 36.8 Å². The summed E-state index contributed by atoms with van der Waals surface area (Å²) in [6.45, 7) is 6.67. The lowest BCUT2D eigenvalue weighted by molar-refractivity contribution is -0.151. The zero-order chi connectivity index (χ0) is 23.7. The Balaban J connectivity index is 2.26. The molecule has 2 fully saturated rings. The fourth-order valence-corrected chi connectivity index (χ4v) is 5.16. The number of hydrogen-bond acceptors (Lipinski definition) is 8. The van der Waals surface area contributed by atoms with Crippen molar-refractivity contribution < 1.29 is 29.4 Å². The molecule has 7 N–H and O–H groups in total. The standard InChI is InChI=1S/C19H33N5O6S/c1-9(25)13(20)18(30)23-7-5-6-11(23)17(29)24-12(8-31-19(24,3)4)16(28)22-14(10(2)26)15(21)27/h9-14,25-26H,5-8,20H2,1-4H3,(H2,21,27)(H,22,28)/t9-,10-,11+,12+,13+,14+/m1/s1. The molecular formula is C19H33N5O6S. The highest BCUT2D eigenvalue weighted by Gasteiger charge is 2.51. The number of nitrogens with one attached hydrogen (secondary N) is 1. The molecule has 2 rings (SSSR count). The van der Waals surface area contributed by atoms with Crippen LogP contribution in [0.25, 0.3) is 0 Å². The fraction of sp³-hybridized carbons (Fsp3) is 0.789. The molecule has 6 atom stereocenters. The van der Waals surface area contributed by atoms with Gasteiger partial charge in [0, 0.05) is 12.3 Å². The topological polar surface area (TPSA) is 179 Å². The van der Waals surface area contributed by atoms with E-state index in [1.54, 1.807) is 13.8 Å². The maximum atomic E-state index is 13.5. The molecule has 2 saturated heterocycles. The van der Waals surface area contributed by atoms with Gasteiger partial charge in [0.05, 0.1) is 17.1 Å². The average Bonchev–Trinajstić information content (AvgIpc) is 3.27. The molecule has 0 aliphatic carbocycles. The Labute approximate surface area is 185 Å². The van der Waals surface area contributed by atoms with Gasteiger partial charge >= 0.3 is 0 Å². The minimum atomic E-state index is -1.29. The second-order valence-corrected chi connectivity index (χ2v) is 10.2. The van der Waals surface area contributed by atoms with Crippen LogP contribution < -0.4 is 16.8 Å². The minimum absolute atomic E-state index is 0.281. The van der Waals surface area contributed by atoms with Gasteiger partial charge in [-0.3, -0.25) is 19.2 Å². The number of aliphatic hydroxyl groups is 2. The number of rotatable bonds is 7. The Morgan fingerprint density at radius 3 is 2.26 bits per heavy atom. The number of nitrogens with two attached hydrogens (primary N) is 2. The molecule has 12 heteroatoms. The normalized spacial score (nSPS) is 26.8. The summed E-state index contributed by atoms with van der Waals surface area (Å²) in [5, 5.41) is 21.9. The van der Waals surface area contributed by atoms with E-state index in [2.05, 4.69) is 5.32 Å². The number of amides is 4. The monoisotopic (exact) mass is 459 g/mol. The first-order chi connectivity index (χ1) is 14.3. The molecule has 2 aliphatic rings. The molecule has 0 radical (unpaired) electrons. The summed E-state index contributed by atoms with van der Waals surface area (Å²) in [5.41, 5.74) is 11.1.